The topological polar surface area (TPSA) is 59.8 Å². The van der Waals surface area contributed by atoms with Crippen LogP contribution in [-0.4, -0.2) is 39.1 Å². The third-order valence-electron chi connectivity index (χ3n) is 2.37. The van der Waals surface area contributed by atoms with Gasteiger partial charge in [-0.1, -0.05) is 30.0 Å². The Balaban J connectivity index is 1.93. The van der Waals surface area contributed by atoms with E-state index in [2.05, 4.69) is 10.2 Å². The molecule has 9 heteroatoms. The van der Waals surface area contributed by atoms with Gasteiger partial charge >= 0.3 is 6.18 Å². The van der Waals surface area contributed by atoms with Crippen LogP contribution in [0.15, 0.2) is 41.8 Å². The molecule has 0 saturated carbocycles. The van der Waals surface area contributed by atoms with Gasteiger partial charge in [0.1, 0.15) is 12.9 Å². The van der Waals surface area contributed by atoms with E-state index in [1.165, 1.54) is 6.33 Å². The zero-order chi connectivity index (χ0) is 15.3. The SMILES string of the molecule is O=C(CSc1nncn1-c1ccccc1)NCC(F)(F)F. The fourth-order valence-electron chi connectivity index (χ4n) is 1.47. The van der Waals surface area contributed by atoms with E-state index in [1.54, 1.807) is 9.88 Å². The summed E-state index contributed by atoms with van der Waals surface area (Å²) in [6, 6.07) is 9.18. The number of halogens is 3. The number of alkyl halides is 3. The van der Waals surface area contributed by atoms with E-state index in [0.717, 1.165) is 17.4 Å². The third-order valence-corrected chi connectivity index (χ3v) is 3.31. The van der Waals surface area contributed by atoms with Gasteiger partial charge in [0.05, 0.1) is 5.75 Å². The lowest BCUT2D eigenvalue weighted by Gasteiger charge is -2.08. The van der Waals surface area contributed by atoms with Crippen molar-refractivity contribution in [3.05, 3.63) is 36.7 Å². The summed E-state index contributed by atoms with van der Waals surface area (Å²) in [6.07, 6.45) is -2.93. The van der Waals surface area contributed by atoms with Crippen molar-refractivity contribution in [2.75, 3.05) is 12.3 Å². The Labute approximate surface area is 122 Å². The van der Waals surface area contributed by atoms with Gasteiger partial charge in [-0.2, -0.15) is 13.2 Å². The van der Waals surface area contributed by atoms with Gasteiger partial charge in [0.25, 0.3) is 0 Å². The molecule has 2 rings (SSSR count). The maximum absolute atomic E-state index is 12.0. The van der Waals surface area contributed by atoms with E-state index >= 15 is 0 Å². The quantitative estimate of drug-likeness (QED) is 0.858. The molecule has 0 saturated heterocycles. The Bertz CT molecular complexity index is 600. The third kappa shape index (κ3) is 4.78. The van der Waals surface area contributed by atoms with Gasteiger partial charge in [-0.05, 0) is 12.1 Å². The Morgan fingerprint density at radius 2 is 2.00 bits per heavy atom. The van der Waals surface area contributed by atoms with Crippen LogP contribution in [0.5, 0.6) is 0 Å². The lowest BCUT2D eigenvalue weighted by atomic mass is 10.3. The lowest BCUT2D eigenvalue weighted by molar-refractivity contribution is -0.136. The highest BCUT2D eigenvalue weighted by Gasteiger charge is 2.27. The second-order valence-electron chi connectivity index (χ2n) is 4.00. The fraction of sp³-hybridized carbons (Fsp3) is 0.250. The number of rotatable bonds is 5. The second kappa shape index (κ2) is 6.61. The smallest absolute Gasteiger partial charge is 0.346 e. The average molecular weight is 316 g/mol. The molecule has 21 heavy (non-hydrogen) atoms. The van der Waals surface area contributed by atoms with Crippen molar-refractivity contribution in [3.63, 3.8) is 0 Å². The predicted octanol–water partition coefficient (Wildman–Crippen LogP) is 2.04. The number of nitrogens with one attached hydrogen (secondary N) is 1. The molecule has 2 aromatic rings. The molecule has 0 fully saturated rings. The number of hydrogen-bond acceptors (Lipinski definition) is 4. The second-order valence-corrected chi connectivity index (χ2v) is 4.94. The minimum Gasteiger partial charge on any atom is -0.346 e. The first-order chi connectivity index (χ1) is 9.96. The molecule has 0 spiro atoms. The largest absolute Gasteiger partial charge is 0.405 e. The van der Waals surface area contributed by atoms with Crippen molar-refractivity contribution in [2.45, 2.75) is 11.3 Å². The number of carbonyl (C=O) groups is 1. The molecule has 0 aliphatic rings. The van der Waals surface area contributed by atoms with E-state index in [0.29, 0.717) is 5.16 Å². The fourth-order valence-corrected chi connectivity index (χ4v) is 2.23. The summed E-state index contributed by atoms with van der Waals surface area (Å²) in [5, 5.41) is 9.82. The first kappa shape index (κ1) is 15.4. The van der Waals surface area contributed by atoms with E-state index in [-0.39, 0.29) is 5.75 Å². The van der Waals surface area contributed by atoms with Gasteiger partial charge in [0.15, 0.2) is 5.16 Å². The first-order valence-corrected chi connectivity index (χ1v) is 6.86. The zero-order valence-corrected chi connectivity index (χ0v) is 11.5. The average Bonchev–Trinajstić information content (AvgIpc) is 2.91. The lowest BCUT2D eigenvalue weighted by Crippen LogP contribution is -2.34. The van der Waals surface area contributed by atoms with Crippen molar-refractivity contribution >= 4 is 17.7 Å². The van der Waals surface area contributed by atoms with Crippen LogP contribution in [-0.2, 0) is 4.79 Å². The van der Waals surface area contributed by atoms with Crippen molar-refractivity contribution in [1.29, 1.82) is 0 Å². The van der Waals surface area contributed by atoms with E-state index < -0.39 is 18.6 Å². The highest BCUT2D eigenvalue weighted by Crippen LogP contribution is 2.19. The molecule has 112 valence electrons. The molecule has 0 aliphatic heterocycles. The van der Waals surface area contributed by atoms with Crippen LogP contribution in [0, 0.1) is 0 Å². The predicted molar refractivity (Wildman–Crippen MR) is 71.1 cm³/mol. The van der Waals surface area contributed by atoms with Gasteiger partial charge in [0, 0.05) is 5.69 Å². The molecule has 0 bridgehead atoms. The molecule has 1 heterocycles. The van der Waals surface area contributed by atoms with Crippen LogP contribution in [0.25, 0.3) is 5.69 Å². The van der Waals surface area contributed by atoms with E-state index in [1.807, 2.05) is 30.3 Å². The van der Waals surface area contributed by atoms with Crippen molar-refractivity contribution in [2.24, 2.45) is 0 Å². The van der Waals surface area contributed by atoms with Crippen LogP contribution in [0.1, 0.15) is 0 Å². The van der Waals surface area contributed by atoms with Gasteiger partial charge in [0.2, 0.25) is 5.91 Å². The van der Waals surface area contributed by atoms with Gasteiger partial charge in [-0.15, -0.1) is 10.2 Å². The number of hydrogen-bond donors (Lipinski definition) is 1. The molecule has 0 unspecified atom stereocenters. The minimum atomic E-state index is -4.41. The molecular weight excluding hydrogens is 305 g/mol. The van der Waals surface area contributed by atoms with Crippen molar-refractivity contribution < 1.29 is 18.0 Å². The number of nitrogens with zero attached hydrogens (tertiary/aromatic N) is 3. The van der Waals surface area contributed by atoms with Crippen molar-refractivity contribution in [3.8, 4) is 5.69 Å². The Kier molecular flexibility index (Phi) is 4.84. The molecule has 0 radical (unpaired) electrons. The number of aromatic nitrogens is 3. The van der Waals surface area contributed by atoms with E-state index in [4.69, 9.17) is 0 Å². The summed E-state index contributed by atoms with van der Waals surface area (Å²) in [5.41, 5.74) is 0.806. The number of amides is 1. The van der Waals surface area contributed by atoms with Gasteiger partial charge in [-0.3, -0.25) is 9.36 Å². The number of benzene rings is 1. The molecule has 1 N–H and O–H groups in total. The number of carbonyl (C=O) groups excluding carboxylic acids is 1. The summed E-state index contributed by atoms with van der Waals surface area (Å²) in [5.74, 6) is -0.873. The van der Waals surface area contributed by atoms with Crippen LogP contribution < -0.4 is 5.32 Å². The standard InChI is InChI=1S/C12H11F3N4OS/c13-12(14,15)7-16-10(20)6-21-11-18-17-8-19(11)9-4-2-1-3-5-9/h1-5,8H,6-7H2,(H,16,20). The number of para-hydroxylation sites is 1. The van der Waals surface area contributed by atoms with Crippen molar-refractivity contribution in [1.82, 2.24) is 20.1 Å². The molecule has 5 nitrogen and oxygen atoms in total. The van der Waals surface area contributed by atoms with E-state index in [9.17, 15) is 18.0 Å². The minimum absolute atomic E-state index is 0.165. The highest BCUT2D eigenvalue weighted by atomic mass is 32.2. The summed E-state index contributed by atoms with van der Waals surface area (Å²) in [4.78, 5) is 11.3. The Morgan fingerprint density at radius 3 is 2.67 bits per heavy atom. The molecule has 1 aromatic carbocycles. The normalized spacial score (nSPS) is 11.4. The summed E-state index contributed by atoms with van der Waals surface area (Å²) < 4.78 is 37.6. The summed E-state index contributed by atoms with van der Waals surface area (Å²) in [6.45, 7) is -1.34. The molecule has 1 aromatic heterocycles. The zero-order valence-electron chi connectivity index (χ0n) is 10.7. The van der Waals surface area contributed by atoms with Crippen LogP contribution in [0.2, 0.25) is 0 Å². The van der Waals surface area contributed by atoms with Crippen LogP contribution >= 0.6 is 11.8 Å². The molecule has 1 amide bonds. The van der Waals surface area contributed by atoms with Crippen LogP contribution in [0.3, 0.4) is 0 Å². The monoisotopic (exact) mass is 316 g/mol. The summed E-state index contributed by atoms with van der Waals surface area (Å²) >= 11 is 1.02. The van der Waals surface area contributed by atoms with Crippen LogP contribution in [0.4, 0.5) is 13.2 Å². The van der Waals surface area contributed by atoms with Gasteiger partial charge in [-0.25, -0.2) is 0 Å². The first-order valence-electron chi connectivity index (χ1n) is 5.87. The highest BCUT2D eigenvalue weighted by molar-refractivity contribution is 7.99. The maximum Gasteiger partial charge on any atom is 0.405 e. The Hall–Kier alpha value is -2.03. The molecule has 0 atom stereocenters. The summed E-state index contributed by atoms with van der Waals surface area (Å²) in [7, 11) is 0. The number of thioether (sulfide) groups is 1. The molecule has 0 aliphatic carbocycles. The van der Waals surface area contributed by atoms with Gasteiger partial charge < -0.3 is 5.32 Å². The molecular formula is C12H11F3N4OS. The Morgan fingerprint density at radius 1 is 1.29 bits per heavy atom. The maximum atomic E-state index is 12.0.